The topological polar surface area (TPSA) is 52.9 Å². The second-order valence-electron chi connectivity index (χ2n) is 6.04. The number of halogens is 1. The molecule has 0 radical (unpaired) electrons. The largest absolute Gasteiger partial charge is 0.506 e. The average Bonchev–Trinajstić information content (AvgIpc) is 3.02. The number of rotatable bonds is 3. The van der Waals surface area contributed by atoms with Gasteiger partial charge in [-0.2, -0.15) is 10.1 Å². The Morgan fingerprint density at radius 2 is 1.59 bits per heavy atom. The van der Waals surface area contributed by atoms with Crippen molar-refractivity contribution in [3.63, 3.8) is 0 Å². The van der Waals surface area contributed by atoms with Gasteiger partial charge in [0.1, 0.15) is 11.5 Å². The van der Waals surface area contributed by atoms with Gasteiger partial charge < -0.3 is 5.11 Å². The zero-order valence-electron chi connectivity index (χ0n) is 14.2. The third-order valence-corrected chi connectivity index (χ3v) is 4.51. The van der Waals surface area contributed by atoms with Crippen LogP contribution in [0.1, 0.15) is 11.1 Å². The number of nitrogens with zero attached hydrogens (tertiary/aromatic N) is 2. The molecule has 0 spiro atoms. The molecule has 132 valence electrons. The van der Waals surface area contributed by atoms with Crippen molar-refractivity contribution >= 4 is 35.0 Å². The summed E-state index contributed by atoms with van der Waals surface area (Å²) in [5, 5.41) is 15.8. The molecule has 0 unspecified atom stereocenters. The van der Waals surface area contributed by atoms with Gasteiger partial charge in [-0.1, -0.05) is 66.2 Å². The number of phenolic OH excluding ortho intramolecular Hbond substituents is 1. The summed E-state index contributed by atoms with van der Waals surface area (Å²) >= 11 is 6.01. The van der Waals surface area contributed by atoms with Crippen LogP contribution >= 0.6 is 11.6 Å². The average molecular weight is 375 g/mol. The van der Waals surface area contributed by atoms with Crippen molar-refractivity contribution in [1.29, 1.82) is 0 Å². The normalized spacial score (nSPS) is 15.3. The Labute approximate surface area is 161 Å². The van der Waals surface area contributed by atoms with Crippen LogP contribution in [-0.2, 0) is 4.79 Å². The molecule has 0 atom stereocenters. The highest BCUT2D eigenvalue weighted by atomic mass is 35.5. The molecule has 27 heavy (non-hydrogen) atoms. The summed E-state index contributed by atoms with van der Waals surface area (Å²) < 4.78 is 0. The molecule has 0 bridgehead atoms. The Hall–Kier alpha value is -3.37. The predicted molar refractivity (Wildman–Crippen MR) is 108 cm³/mol. The van der Waals surface area contributed by atoms with E-state index in [9.17, 15) is 9.90 Å². The molecule has 1 heterocycles. The van der Waals surface area contributed by atoms with Gasteiger partial charge in [-0.05, 0) is 35.9 Å². The van der Waals surface area contributed by atoms with Crippen molar-refractivity contribution in [1.82, 2.24) is 0 Å². The number of hydrazone groups is 1. The van der Waals surface area contributed by atoms with E-state index in [1.165, 1.54) is 11.1 Å². The first-order valence-corrected chi connectivity index (χ1v) is 8.75. The Morgan fingerprint density at radius 1 is 0.926 bits per heavy atom. The van der Waals surface area contributed by atoms with Crippen molar-refractivity contribution < 1.29 is 9.90 Å². The first kappa shape index (κ1) is 17.1. The second kappa shape index (κ2) is 7.09. The van der Waals surface area contributed by atoms with E-state index in [2.05, 4.69) is 5.10 Å². The molecule has 0 saturated carbocycles. The van der Waals surface area contributed by atoms with E-state index in [1.54, 1.807) is 18.2 Å². The van der Waals surface area contributed by atoms with Gasteiger partial charge in [0.2, 0.25) is 0 Å². The SMILES string of the molecule is O=C1/C(=C\c2ccc(O)c(Cl)c2)C(c2ccccc2)=NN1c1ccccc1. The summed E-state index contributed by atoms with van der Waals surface area (Å²) in [6, 6.07) is 23.7. The Balaban J connectivity index is 1.83. The number of hydrogen-bond acceptors (Lipinski definition) is 3. The number of aromatic hydroxyl groups is 1. The van der Waals surface area contributed by atoms with Crippen LogP contribution in [0.5, 0.6) is 5.75 Å². The van der Waals surface area contributed by atoms with Crippen LogP contribution in [0, 0.1) is 0 Å². The van der Waals surface area contributed by atoms with Crippen molar-refractivity contribution in [2.45, 2.75) is 0 Å². The maximum Gasteiger partial charge on any atom is 0.281 e. The molecule has 0 fully saturated rings. The van der Waals surface area contributed by atoms with Gasteiger partial charge in [0, 0.05) is 5.56 Å². The summed E-state index contributed by atoms with van der Waals surface area (Å²) in [5.41, 5.74) is 3.31. The summed E-state index contributed by atoms with van der Waals surface area (Å²) in [7, 11) is 0. The van der Waals surface area contributed by atoms with Gasteiger partial charge in [-0.3, -0.25) is 4.79 Å². The van der Waals surface area contributed by atoms with Crippen molar-refractivity contribution in [2.24, 2.45) is 5.10 Å². The molecule has 4 nitrogen and oxygen atoms in total. The lowest BCUT2D eigenvalue weighted by molar-refractivity contribution is -0.114. The number of amides is 1. The van der Waals surface area contributed by atoms with E-state index >= 15 is 0 Å². The molecule has 1 aliphatic rings. The smallest absolute Gasteiger partial charge is 0.281 e. The molecule has 1 amide bonds. The second-order valence-corrected chi connectivity index (χ2v) is 6.44. The van der Waals surface area contributed by atoms with Gasteiger partial charge >= 0.3 is 0 Å². The summed E-state index contributed by atoms with van der Waals surface area (Å²) in [4.78, 5) is 13.1. The molecule has 3 aromatic carbocycles. The van der Waals surface area contributed by atoms with Gasteiger partial charge in [0.05, 0.1) is 16.3 Å². The van der Waals surface area contributed by atoms with Gasteiger partial charge in [-0.25, -0.2) is 0 Å². The summed E-state index contributed by atoms with van der Waals surface area (Å²) in [5.74, 6) is -0.219. The minimum Gasteiger partial charge on any atom is -0.506 e. The quantitative estimate of drug-likeness (QED) is 0.664. The highest BCUT2D eigenvalue weighted by molar-refractivity contribution is 6.37. The third kappa shape index (κ3) is 3.35. The van der Waals surface area contributed by atoms with Crippen LogP contribution in [-0.4, -0.2) is 16.7 Å². The lowest BCUT2D eigenvalue weighted by Gasteiger charge is -2.10. The first-order valence-electron chi connectivity index (χ1n) is 8.37. The van der Waals surface area contributed by atoms with E-state index in [-0.39, 0.29) is 16.7 Å². The molecule has 1 N–H and O–H groups in total. The Morgan fingerprint density at radius 3 is 2.26 bits per heavy atom. The predicted octanol–water partition coefficient (Wildman–Crippen LogP) is 4.88. The van der Waals surface area contributed by atoms with Gasteiger partial charge in [0.25, 0.3) is 5.91 Å². The van der Waals surface area contributed by atoms with Crippen LogP contribution in [0.2, 0.25) is 5.02 Å². The first-order chi connectivity index (χ1) is 13.1. The van der Waals surface area contributed by atoms with E-state index < -0.39 is 0 Å². The molecule has 5 heteroatoms. The maximum absolute atomic E-state index is 13.1. The molecule has 3 aromatic rings. The van der Waals surface area contributed by atoms with Crippen LogP contribution in [0.4, 0.5) is 5.69 Å². The Kier molecular flexibility index (Phi) is 4.48. The number of phenols is 1. The molecular weight excluding hydrogens is 360 g/mol. The van der Waals surface area contributed by atoms with E-state index in [1.807, 2.05) is 60.7 Å². The number of carbonyl (C=O) groups excluding carboxylic acids is 1. The zero-order valence-corrected chi connectivity index (χ0v) is 15.0. The molecule has 0 saturated heterocycles. The summed E-state index contributed by atoms with van der Waals surface area (Å²) in [6.07, 6.45) is 1.74. The molecule has 4 rings (SSSR count). The lowest BCUT2D eigenvalue weighted by atomic mass is 10.0. The van der Waals surface area contributed by atoms with Crippen LogP contribution in [0.25, 0.3) is 6.08 Å². The van der Waals surface area contributed by atoms with Gasteiger partial charge in [-0.15, -0.1) is 0 Å². The highest BCUT2D eigenvalue weighted by Gasteiger charge is 2.31. The number of hydrogen-bond donors (Lipinski definition) is 1. The summed E-state index contributed by atoms with van der Waals surface area (Å²) in [6.45, 7) is 0. The highest BCUT2D eigenvalue weighted by Crippen LogP contribution is 2.29. The fraction of sp³-hybridized carbons (Fsp3) is 0. The third-order valence-electron chi connectivity index (χ3n) is 4.21. The van der Waals surface area contributed by atoms with Crippen LogP contribution in [0.3, 0.4) is 0 Å². The Bertz CT molecular complexity index is 1060. The maximum atomic E-state index is 13.1. The number of carbonyl (C=O) groups is 1. The molecule has 1 aliphatic heterocycles. The standard InChI is InChI=1S/C22H15ClN2O2/c23-19-14-15(11-12-20(19)26)13-18-21(16-7-3-1-4-8-16)24-25(22(18)27)17-9-5-2-6-10-17/h1-14,26H/b18-13-. The molecule has 0 aromatic heterocycles. The van der Waals surface area contributed by atoms with Crippen molar-refractivity contribution in [2.75, 3.05) is 5.01 Å². The van der Waals surface area contributed by atoms with Gasteiger partial charge in [0.15, 0.2) is 0 Å². The van der Waals surface area contributed by atoms with E-state index in [0.717, 1.165) is 5.56 Å². The fourth-order valence-electron chi connectivity index (χ4n) is 2.88. The number of para-hydroxylation sites is 1. The van der Waals surface area contributed by atoms with Crippen LogP contribution in [0.15, 0.2) is 89.5 Å². The minimum absolute atomic E-state index is 0.000530. The number of benzene rings is 3. The number of anilines is 1. The van der Waals surface area contributed by atoms with E-state index in [4.69, 9.17) is 11.6 Å². The van der Waals surface area contributed by atoms with Crippen molar-refractivity contribution in [3.8, 4) is 5.75 Å². The zero-order chi connectivity index (χ0) is 18.8. The lowest BCUT2D eigenvalue weighted by Crippen LogP contribution is -2.21. The van der Waals surface area contributed by atoms with Crippen LogP contribution < -0.4 is 5.01 Å². The monoisotopic (exact) mass is 374 g/mol. The molecule has 0 aliphatic carbocycles. The van der Waals surface area contributed by atoms with Crippen molar-refractivity contribution in [3.05, 3.63) is 101 Å². The molecular formula is C22H15ClN2O2. The fourth-order valence-corrected chi connectivity index (χ4v) is 3.07. The minimum atomic E-state index is -0.218. The van der Waals surface area contributed by atoms with E-state index in [0.29, 0.717) is 22.5 Å².